The number of rotatable bonds is 2. The average molecular weight is 223 g/mol. The third-order valence-corrected chi connectivity index (χ3v) is 2.75. The fourth-order valence-corrected chi connectivity index (χ4v) is 1.74. The minimum atomic E-state index is 0.00154. The lowest BCUT2D eigenvalue weighted by Gasteiger charge is -1.95. The summed E-state index contributed by atoms with van der Waals surface area (Å²) in [6.45, 7) is 3.78. The van der Waals surface area contributed by atoms with E-state index in [0.717, 1.165) is 10.9 Å². The molecule has 3 heteroatoms. The van der Waals surface area contributed by atoms with Gasteiger partial charge in [0, 0.05) is 11.8 Å². The molecule has 0 spiro atoms. The Balaban J connectivity index is 2.70. The van der Waals surface area contributed by atoms with Crippen LogP contribution in [0.3, 0.4) is 0 Å². The molecule has 0 fully saturated rings. The molecule has 0 saturated carbocycles. The summed E-state index contributed by atoms with van der Waals surface area (Å²) in [5.41, 5.74) is 1.67. The Labute approximate surface area is 92.8 Å². The van der Waals surface area contributed by atoms with Gasteiger partial charge in [0.25, 0.3) is 0 Å². The molecule has 0 radical (unpaired) electrons. The zero-order chi connectivity index (χ0) is 11.0. The van der Waals surface area contributed by atoms with Crippen molar-refractivity contribution in [1.29, 1.82) is 0 Å². The molecular formula is C12H11ClO2. The first-order valence-electron chi connectivity index (χ1n) is 4.85. The van der Waals surface area contributed by atoms with Gasteiger partial charge in [-0.3, -0.25) is 4.79 Å². The van der Waals surface area contributed by atoms with Crippen LogP contribution in [-0.4, -0.2) is 5.78 Å². The second-order valence-corrected chi connectivity index (χ2v) is 3.90. The number of ketones is 1. The van der Waals surface area contributed by atoms with E-state index >= 15 is 0 Å². The van der Waals surface area contributed by atoms with E-state index in [4.69, 9.17) is 16.0 Å². The van der Waals surface area contributed by atoms with Crippen molar-refractivity contribution in [3.8, 4) is 0 Å². The van der Waals surface area contributed by atoms with Gasteiger partial charge in [-0.15, -0.1) is 0 Å². The van der Waals surface area contributed by atoms with Gasteiger partial charge >= 0.3 is 0 Å². The maximum absolute atomic E-state index is 11.5. The Morgan fingerprint density at radius 3 is 2.80 bits per heavy atom. The topological polar surface area (TPSA) is 30.2 Å². The molecule has 2 aromatic rings. The Hall–Kier alpha value is -1.28. The maximum Gasteiger partial charge on any atom is 0.197 e. The molecule has 0 atom stereocenters. The fraction of sp³-hybridized carbons (Fsp3) is 0.250. The highest BCUT2D eigenvalue weighted by Gasteiger charge is 2.13. The number of aryl methyl sites for hydroxylation is 1. The number of hydrogen-bond acceptors (Lipinski definition) is 2. The van der Waals surface area contributed by atoms with Gasteiger partial charge in [-0.2, -0.15) is 0 Å². The molecular weight excluding hydrogens is 212 g/mol. The standard InChI is InChI=1S/C12H11ClO2/c1-3-10(14)11-6-8-7(2)4-5-9(13)12(8)15-11/h4-6H,3H2,1-2H3. The summed E-state index contributed by atoms with van der Waals surface area (Å²) in [6, 6.07) is 5.46. The lowest BCUT2D eigenvalue weighted by molar-refractivity contribution is 0.0963. The van der Waals surface area contributed by atoms with Crippen molar-refractivity contribution in [1.82, 2.24) is 0 Å². The van der Waals surface area contributed by atoms with Crippen LogP contribution >= 0.6 is 11.6 Å². The van der Waals surface area contributed by atoms with Crippen molar-refractivity contribution < 1.29 is 9.21 Å². The average Bonchev–Trinajstić information content (AvgIpc) is 2.68. The van der Waals surface area contributed by atoms with Crippen LogP contribution in [0.2, 0.25) is 5.02 Å². The summed E-state index contributed by atoms with van der Waals surface area (Å²) in [5.74, 6) is 0.394. The molecule has 1 heterocycles. The highest BCUT2D eigenvalue weighted by atomic mass is 35.5. The molecule has 1 aromatic carbocycles. The summed E-state index contributed by atoms with van der Waals surface area (Å²) in [4.78, 5) is 11.5. The molecule has 0 unspecified atom stereocenters. The van der Waals surface area contributed by atoms with Crippen LogP contribution in [0.15, 0.2) is 22.6 Å². The summed E-state index contributed by atoms with van der Waals surface area (Å²) in [7, 11) is 0. The number of halogens is 1. The lowest BCUT2D eigenvalue weighted by Crippen LogP contribution is -1.92. The number of furan rings is 1. The van der Waals surface area contributed by atoms with E-state index < -0.39 is 0 Å². The van der Waals surface area contributed by atoms with Crippen LogP contribution in [0.1, 0.15) is 29.5 Å². The largest absolute Gasteiger partial charge is 0.451 e. The van der Waals surface area contributed by atoms with Crippen molar-refractivity contribution in [3.63, 3.8) is 0 Å². The van der Waals surface area contributed by atoms with Gasteiger partial charge in [0.2, 0.25) is 0 Å². The zero-order valence-corrected chi connectivity index (χ0v) is 9.39. The van der Waals surface area contributed by atoms with Gasteiger partial charge in [0.05, 0.1) is 5.02 Å². The maximum atomic E-state index is 11.5. The molecule has 0 saturated heterocycles. The molecule has 0 aliphatic heterocycles. The Kier molecular flexibility index (Phi) is 2.53. The number of hydrogen-bond donors (Lipinski definition) is 0. The van der Waals surface area contributed by atoms with Crippen LogP contribution in [-0.2, 0) is 0 Å². The van der Waals surface area contributed by atoms with E-state index in [1.54, 1.807) is 12.1 Å². The smallest absolute Gasteiger partial charge is 0.197 e. The number of carbonyl (C=O) groups is 1. The van der Waals surface area contributed by atoms with E-state index in [1.165, 1.54) is 0 Å². The minimum absolute atomic E-state index is 0.00154. The first kappa shape index (κ1) is 10.2. The quantitative estimate of drug-likeness (QED) is 0.720. The second-order valence-electron chi connectivity index (χ2n) is 3.49. The number of benzene rings is 1. The SMILES string of the molecule is CCC(=O)c1cc2c(C)ccc(Cl)c2o1. The predicted octanol–water partition coefficient (Wildman–Crippen LogP) is 3.99. The Morgan fingerprint density at radius 2 is 2.20 bits per heavy atom. The van der Waals surface area contributed by atoms with Gasteiger partial charge in [-0.05, 0) is 24.6 Å². The van der Waals surface area contributed by atoms with Gasteiger partial charge in [0.15, 0.2) is 17.1 Å². The van der Waals surface area contributed by atoms with Crippen LogP contribution < -0.4 is 0 Å². The van der Waals surface area contributed by atoms with E-state index in [2.05, 4.69) is 0 Å². The minimum Gasteiger partial charge on any atom is -0.451 e. The normalized spacial score (nSPS) is 10.9. The molecule has 2 rings (SSSR count). The van der Waals surface area contributed by atoms with Gasteiger partial charge in [-0.1, -0.05) is 24.6 Å². The van der Waals surface area contributed by atoms with E-state index in [-0.39, 0.29) is 5.78 Å². The molecule has 1 aromatic heterocycles. The predicted molar refractivity (Wildman–Crippen MR) is 60.6 cm³/mol. The third kappa shape index (κ3) is 1.65. The molecule has 0 aliphatic rings. The summed E-state index contributed by atoms with van der Waals surface area (Å²) in [6.07, 6.45) is 0.441. The van der Waals surface area contributed by atoms with Gasteiger partial charge in [-0.25, -0.2) is 0 Å². The molecule has 2 nitrogen and oxygen atoms in total. The summed E-state index contributed by atoms with van der Waals surface area (Å²) in [5, 5.41) is 1.46. The number of Topliss-reactive ketones (excluding diaryl/α,β-unsaturated/α-hetero) is 1. The Bertz CT molecular complexity index is 487. The van der Waals surface area contributed by atoms with E-state index in [0.29, 0.717) is 22.8 Å². The van der Waals surface area contributed by atoms with Crippen molar-refractivity contribution in [2.24, 2.45) is 0 Å². The third-order valence-electron chi connectivity index (χ3n) is 2.45. The van der Waals surface area contributed by atoms with E-state index in [9.17, 15) is 4.79 Å². The molecule has 0 N–H and O–H groups in total. The van der Waals surface area contributed by atoms with Crippen LogP contribution in [0.5, 0.6) is 0 Å². The zero-order valence-electron chi connectivity index (χ0n) is 8.63. The molecule has 0 bridgehead atoms. The second kappa shape index (κ2) is 3.70. The van der Waals surface area contributed by atoms with Gasteiger partial charge in [0.1, 0.15) is 0 Å². The molecule has 15 heavy (non-hydrogen) atoms. The summed E-state index contributed by atoms with van der Waals surface area (Å²) < 4.78 is 5.45. The van der Waals surface area contributed by atoms with Crippen molar-refractivity contribution in [2.45, 2.75) is 20.3 Å². The number of fused-ring (bicyclic) bond motifs is 1. The first-order valence-corrected chi connectivity index (χ1v) is 5.23. The van der Waals surface area contributed by atoms with Gasteiger partial charge < -0.3 is 4.42 Å². The lowest BCUT2D eigenvalue weighted by atomic mass is 10.1. The molecule has 78 valence electrons. The van der Waals surface area contributed by atoms with Crippen LogP contribution in [0.4, 0.5) is 0 Å². The first-order chi connectivity index (χ1) is 7.13. The van der Waals surface area contributed by atoms with Crippen molar-refractivity contribution in [2.75, 3.05) is 0 Å². The fourth-order valence-electron chi connectivity index (χ4n) is 1.54. The van der Waals surface area contributed by atoms with Crippen LogP contribution in [0, 0.1) is 6.92 Å². The number of carbonyl (C=O) groups excluding carboxylic acids is 1. The molecule has 0 aliphatic carbocycles. The summed E-state index contributed by atoms with van der Waals surface area (Å²) >= 11 is 5.99. The highest BCUT2D eigenvalue weighted by Crippen LogP contribution is 2.29. The van der Waals surface area contributed by atoms with E-state index in [1.807, 2.05) is 19.9 Å². The van der Waals surface area contributed by atoms with Crippen molar-refractivity contribution >= 4 is 28.4 Å². The Morgan fingerprint density at radius 1 is 1.47 bits per heavy atom. The highest BCUT2D eigenvalue weighted by molar-refractivity contribution is 6.35. The van der Waals surface area contributed by atoms with Crippen molar-refractivity contribution in [3.05, 3.63) is 34.5 Å². The monoisotopic (exact) mass is 222 g/mol. The molecule has 0 amide bonds. The van der Waals surface area contributed by atoms with Crippen LogP contribution in [0.25, 0.3) is 11.0 Å².